The molecule has 1 saturated heterocycles. The summed E-state index contributed by atoms with van der Waals surface area (Å²) >= 11 is 0. The van der Waals surface area contributed by atoms with Crippen LogP contribution in [-0.2, 0) is 9.59 Å². The molecule has 1 aliphatic rings. The van der Waals surface area contributed by atoms with Gasteiger partial charge in [0.15, 0.2) is 0 Å². The number of nitrogens with zero attached hydrogens (tertiary/aromatic N) is 1. The van der Waals surface area contributed by atoms with Gasteiger partial charge in [-0.05, 0) is 44.2 Å². The van der Waals surface area contributed by atoms with Crippen LogP contribution in [0.25, 0.3) is 0 Å². The standard InChI is InChI=1S/C20H30N4O4/c25-18(23-28)13-7-2-6-12-17(19(26)21-16-10-4-1-5-11-16)22-20(27)24-14-8-3-9-15-24/h1,4-5,10-11,17,28H,2-3,6-9,12-15H2,(H,21,26)(H,22,27)(H,23,25)/t17-/m0/s1. The lowest BCUT2D eigenvalue weighted by atomic mass is 10.1. The summed E-state index contributed by atoms with van der Waals surface area (Å²) in [6.45, 7) is 1.43. The summed E-state index contributed by atoms with van der Waals surface area (Å²) in [6.07, 6.45) is 5.84. The molecule has 0 aromatic heterocycles. The highest BCUT2D eigenvalue weighted by atomic mass is 16.5. The Labute approximate surface area is 165 Å². The molecule has 1 heterocycles. The van der Waals surface area contributed by atoms with Crippen molar-refractivity contribution in [3.63, 3.8) is 0 Å². The largest absolute Gasteiger partial charge is 0.326 e. The number of hydroxylamine groups is 1. The van der Waals surface area contributed by atoms with Gasteiger partial charge in [0.2, 0.25) is 11.8 Å². The molecule has 0 saturated carbocycles. The van der Waals surface area contributed by atoms with Gasteiger partial charge in [0, 0.05) is 25.2 Å². The predicted molar refractivity (Wildman–Crippen MR) is 106 cm³/mol. The summed E-state index contributed by atoms with van der Waals surface area (Å²) in [7, 11) is 0. The number of carbonyl (C=O) groups excluding carboxylic acids is 3. The lowest BCUT2D eigenvalue weighted by molar-refractivity contribution is -0.129. The molecule has 0 unspecified atom stereocenters. The van der Waals surface area contributed by atoms with E-state index >= 15 is 0 Å². The Hall–Kier alpha value is -2.61. The number of unbranched alkanes of at least 4 members (excludes halogenated alkanes) is 2. The molecule has 0 bridgehead atoms. The zero-order valence-corrected chi connectivity index (χ0v) is 16.2. The van der Waals surface area contributed by atoms with Gasteiger partial charge in [-0.2, -0.15) is 0 Å². The van der Waals surface area contributed by atoms with Crippen LogP contribution in [0.15, 0.2) is 30.3 Å². The number of likely N-dealkylation sites (tertiary alicyclic amines) is 1. The number of anilines is 1. The molecule has 1 aliphatic heterocycles. The minimum absolute atomic E-state index is 0.201. The van der Waals surface area contributed by atoms with Gasteiger partial charge in [0.05, 0.1) is 0 Å². The van der Waals surface area contributed by atoms with Crippen LogP contribution in [0.1, 0.15) is 51.4 Å². The van der Waals surface area contributed by atoms with Crippen LogP contribution in [0, 0.1) is 0 Å². The Bertz CT molecular complexity index is 632. The van der Waals surface area contributed by atoms with Crippen molar-refractivity contribution in [2.45, 2.75) is 57.4 Å². The number of hydrogen-bond acceptors (Lipinski definition) is 4. The lowest BCUT2D eigenvalue weighted by Crippen LogP contribution is -2.50. The predicted octanol–water partition coefficient (Wildman–Crippen LogP) is 2.65. The fraction of sp³-hybridized carbons (Fsp3) is 0.550. The van der Waals surface area contributed by atoms with Crippen molar-refractivity contribution in [3.05, 3.63) is 30.3 Å². The third kappa shape index (κ3) is 7.56. The Morgan fingerprint density at radius 3 is 2.39 bits per heavy atom. The maximum atomic E-state index is 12.7. The van der Waals surface area contributed by atoms with Gasteiger partial charge < -0.3 is 15.5 Å². The first-order valence-electron chi connectivity index (χ1n) is 9.94. The molecule has 0 radical (unpaired) electrons. The first-order chi connectivity index (χ1) is 13.6. The topological polar surface area (TPSA) is 111 Å². The third-order valence-electron chi connectivity index (χ3n) is 4.82. The quantitative estimate of drug-likeness (QED) is 0.295. The molecule has 28 heavy (non-hydrogen) atoms. The molecule has 1 aromatic rings. The Morgan fingerprint density at radius 2 is 1.71 bits per heavy atom. The van der Waals surface area contributed by atoms with E-state index in [-0.39, 0.29) is 18.4 Å². The summed E-state index contributed by atoms with van der Waals surface area (Å²) in [6, 6.07) is 8.30. The molecular formula is C20H30N4O4. The second-order valence-electron chi connectivity index (χ2n) is 7.04. The molecule has 1 aromatic carbocycles. The average Bonchev–Trinajstić information content (AvgIpc) is 2.73. The van der Waals surface area contributed by atoms with Gasteiger partial charge in [0.25, 0.3) is 0 Å². The van der Waals surface area contributed by atoms with Crippen molar-refractivity contribution in [1.82, 2.24) is 15.7 Å². The van der Waals surface area contributed by atoms with Gasteiger partial charge >= 0.3 is 6.03 Å². The van der Waals surface area contributed by atoms with Crippen LogP contribution in [0.3, 0.4) is 0 Å². The van der Waals surface area contributed by atoms with E-state index in [0.717, 1.165) is 38.8 Å². The molecule has 1 atom stereocenters. The highest BCUT2D eigenvalue weighted by Gasteiger charge is 2.24. The second-order valence-corrected chi connectivity index (χ2v) is 7.04. The van der Waals surface area contributed by atoms with Crippen molar-refractivity contribution in [2.24, 2.45) is 0 Å². The molecule has 4 N–H and O–H groups in total. The van der Waals surface area contributed by atoms with Crippen molar-refractivity contribution >= 4 is 23.5 Å². The maximum Gasteiger partial charge on any atom is 0.318 e. The van der Waals surface area contributed by atoms with Crippen molar-refractivity contribution in [2.75, 3.05) is 18.4 Å². The third-order valence-corrected chi connectivity index (χ3v) is 4.82. The number of carbonyl (C=O) groups is 3. The minimum Gasteiger partial charge on any atom is -0.326 e. The molecule has 2 rings (SSSR count). The van der Waals surface area contributed by atoms with Gasteiger partial charge in [-0.1, -0.05) is 31.0 Å². The number of nitrogens with one attached hydrogen (secondary N) is 3. The number of hydrogen-bond donors (Lipinski definition) is 4. The highest BCUT2D eigenvalue weighted by molar-refractivity contribution is 5.97. The summed E-state index contributed by atoms with van der Waals surface area (Å²) in [5.41, 5.74) is 2.29. The summed E-state index contributed by atoms with van der Waals surface area (Å²) < 4.78 is 0. The van der Waals surface area contributed by atoms with Gasteiger partial charge in [-0.25, -0.2) is 10.3 Å². The molecule has 0 spiro atoms. The lowest BCUT2D eigenvalue weighted by Gasteiger charge is -2.29. The van der Waals surface area contributed by atoms with Crippen LogP contribution in [0.4, 0.5) is 10.5 Å². The van der Waals surface area contributed by atoms with Gasteiger partial charge in [0.1, 0.15) is 6.04 Å². The smallest absolute Gasteiger partial charge is 0.318 e. The number of benzene rings is 1. The molecule has 8 nitrogen and oxygen atoms in total. The molecule has 8 heteroatoms. The zero-order chi connectivity index (χ0) is 20.2. The highest BCUT2D eigenvalue weighted by Crippen LogP contribution is 2.13. The van der Waals surface area contributed by atoms with Gasteiger partial charge in [-0.3, -0.25) is 14.8 Å². The molecular weight excluding hydrogens is 360 g/mol. The van der Waals surface area contributed by atoms with E-state index < -0.39 is 11.9 Å². The number of urea groups is 1. The molecule has 4 amide bonds. The Kier molecular flexibility index (Phi) is 9.27. The first kappa shape index (κ1) is 21.7. The average molecular weight is 390 g/mol. The summed E-state index contributed by atoms with van der Waals surface area (Å²) in [4.78, 5) is 38.1. The van der Waals surface area contributed by atoms with Crippen LogP contribution in [0.5, 0.6) is 0 Å². The first-order valence-corrected chi connectivity index (χ1v) is 9.94. The van der Waals surface area contributed by atoms with Crippen molar-refractivity contribution in [1.29, 1.82) is 0 Å². The van der Waals surface area contributed by atoms with Crippen molar-refractivity contribution < 1.29 is 19.6 Å². The van der Waals surface area contributed by atoms with Crippen LogP contribution in [-0.4, -0.2) is 47.1 Å². The van der Waals surface area contributed by atoms with Crippen molar-refractivity contribution in [3.8, 4) is 0 Å². The van der Waals surface area contributed by atoms with E-state index in [1.165, 1.54) is 0 Å². The maximum absolute atomic E-state index is 12.7. The Morgan fingerprint density at radius 1 is 1.00 bits per heavy atom. The van der Waals surface area contributed by atoms with Crippen LogP contribution in [0.2, 0.25) is 0 Å². The summed E-state index contributed by atoms with van der Waals surface area (Å²) in [5, 5.41) is 14.2. The van der Waals surface area contributed by atoms with Crippen LogP contribution >= 0.6 is 0 Å². The zero-order valence-electron chi connectivity index (χ0n) is 16.2. The monoisotopic (exact) mass is 390 g/mol. The normalized spacial score (nSPS) is 14.8. The number of piperidine rings is 1. The van der Waals surface area contributed by atoms with E-state index in [2.05, 4.69) is 10.6 Å². The number of rotatable bonds is 9. The Balaban J connectivity index is 1.89. The number of para-hydroxylation sites is 1. The van der Waals surface area contributed by atoms with E-state index in [0.29, 0.717) is 24.9 Å². The molecule has 0 aliphatic carbocycles. The fourth-order valence-electron chi connectivity index (χ4n) is 3.22. The van der Waals surface area contributed by atoms with Gasteiger partial charge in [-0.15, -0.1) is 0 Å². The second kappa shape index (κ2) is 12.0. The molecule has 1 fully saturated rings. The SMILES string of the molecule is O=C(CCCCC[C@H](NC(=O)N1CCCCC1)C(=O)Nc1ccccc1)NO. The van der Waals surface area contributed by atoms with Crippen LogP contribution < -0.4 is 16.1 Å². The van der Waals surface area contributed by atoms with E-state index in [9.17, 15) is 14.4 Å². The van der Waals surface area contributed by atoms with E-state index in [1.54, 1.807) is 22.5 Å². The molecule has 154 valence electrons. The van der Waals surface area contributed by atoms with E-state index in [4.69, 9.17) is 5.21 Å². The minimum atomic E-state index is -0.638. The number of amides is 4. The summed E-state index contributed by atoms with van der Waals surface area (Å²) in [5.74, 6) is -0.665. The van der Waals surface area contributed by atoms with E-state index in [1.807, 2.05) is 18.2 Å². The fourth-order valence-corrected chi connectivity index (χ4v) is 3.22.